The van der Waals surface area contributed by atoms with Crippen LogP contribution in [0.3, 0.4) is 0 Å². The Balaban J connectivity index is 1.57. The number of rotatable bonds is 6. The number of benzene rings is 2. The molecule has 0 unspecified atom stereocenters. The SMILES string of the molecule is Cc1cc(C)n(-c2ccc(F)cc2CN[C@H](C)c2cnn(-c3cccc(F)c3)c2C)n1. The first-order valence-electron chi connectivity index (χ1n) is 10.2. The third-order valence-electron chi connectivity index (χ3n) is 5.45. The number of halogens is 2. The Kier molecular flexibility index (Phi) is 5.69. The summed E-state index contributed by atoms with van der Waals surface area (Å²) in [4.78, 5) is 0. The third kappa shape index (κ3) is 4.27. The van der Waals surface area contributed by atoms with Crippen molar-refractivity contribution in [2.75, 3.05) is 0 Å². The van der Waals surface area contributed by atoms with E-state index in [0.717, 1.165) is 33.9 Å². The van der Waals surface area contributed by atoms with E-state index in [-0.39, 0.29) is 17.7 Å². The monoisotopic (exact) mass is 421 g/mol. The van der Waals surface area contributed by atoms with Crippen LogP contribution in [-0.2, 0) is 6.54 Å². The van der Waals surface area contributed by atoms with Gasteiger partial charge in [-0.1, -0.05) is 6.07 Å². The minimum Gasteiger partial charge on any atom is -0.306 e. The van der Waals surface area contributed by atoms with E-state index in [2.05, 4.69) is 15.5 Å². The highest BCUT2D eigenvalue weighted by Crippen LogP contribution is 2.23. The van der Waals surface area contributed by atoms with Crippen molar-refractivity contribution in [1.29, 1.82) is 0 Å². The molecule has 0 aliphatic heterocycles. The van der Waals surface area contributed by atoms with Crippen molar-refractivity contribution in [2.24, 2.45) is 0 Å². The number of aryl methyl sites for hydroxylation is 2. The fourth-order valence-electron chi connectivity index (χ4n) is 3.86. The van der Waals surface area contributed by atoms with E-state index in [1.54, 1.807) is 23.0 Å². The fraction of sp³-hybridized carbons (Fsp3) is 0.250. The summed E-state index contributed by atoms with van der Waals surface area (Å²) < 4.78 is 31.2. The van der Waals surface area contributed by atoms with Crippen LogP contribution in [0.25, 0.3) is 11.4 Å². The number of hydrogen-bond donors (Lipinski definition) is 1. The van der Waals surface area contributed by atoms with Crippen molar-refractivity contribution in [2.45, 2.75) is 40.3 Å². The summed E-state index contributed by atoms with van der Waals surface area (Å²) >= 11 is 0. The smallest absolute Gasteiger partial charge is 0.125 e. The van der Waals surface area contributed by atoms with Gasteiger partial charge in [-0.25, -0.2) is 18.1 Å². The van der Waals surface area contributed by atoms with Gasteiger partial charge in [0, 0.05) is 29.5 Å². The molecule has 4 aromatic rings. The van der Waals surface area contributed by atoms with Crippen LogP contribution >= 0.6 is 0 Å². The van der Waals surface area contributed by atoms with Crippen LogP contribution in [0, 0.1) is 32.4 Å². The van der Waals surface area contributed by atoms with Crippen molar-refractivity contribution in [3.05, 3.63) is 94.6 Å². The molecule has 160 valence electrons. The summed E-state index contributed by atoms with van der Waals surface area (Å²) in [5, 5.41) is 12.4. The normalized spacial score (nSPS) is 12.3. The standard InChI is InChI=1S/C24H25F2N5/c1-15-10-16(2)30(29-15)24-9-8-21(26)11-19(24)13-27-17(3)23-14-28-31(18(23)4)22-7-5-6-20(25)12-22/h5-12,14,17,27H,13H2,1-4H3/t17-/m1/s1. The van der Waals surface area contributed by atoms with Gasteiger partial charge in [0.15, 0.2) is 0 Å². The molecule has 0 bridgehead atoms. The minimum atomic E-state index is -0.303. The molecule has 2 heterocycles. The van der Waals surface area contributed by atoms with Crippen LogP contribution in [0.5, 0.6) is 0 Å². The predicted molar refractivity (Wildman–Crippen MR) is 117 cm³/mol. The molecule has 0 radical (unpaired) electrons. The lowest BCUT2D eigenvalue weighted by Crippen LogP contribution is -2.20. The summed E-state index contributed by atoms with van der Waals surface area (Å²) in [5.41, 5.74) is 6.15. The van der Waals surface area contributed by atoms with E-state index in [1.807, 2.05) is 44.5 Å². The molecule has 0 amide bonds. The van der Waals surface area contributed by atoms with E-state index in [4.69, 9.17) is 0 Å². The third-order valence-corrected chi connectivity index (χ3v) is 5.45. The van der Waals surface area contributed by atoms with Gasteiger partial charge < -0.3 is 5.32 Å². The topological polar surface area (TPSA) is 47.7 Å². The summed E-state index contributed by atoms with van der Waals surface area (Å²) in [6.45, 7) is 8.35. The van der Waals surface area contributed by atoms with Crippen LogP contribution in [0.1, 0.15) is 41.2 Å². The summed E-state index contributed by atoms with van der Waals surface area (Å²) in [6, 6.07) is 13.0. The second kappa shape index (κ2) is 8.43. The first kappa shape index (κ1) is 20.9. The summed E-state index contributed by atoms with van der Waals surface area (Å²) in [7, 11) is 0. The average molecular weight is 421 g/mol. The van der Waals surface area contributed by atoms with Gasteiger partial charge in [-0.15, -0.1) is 0 Å². The molecule has 1 N–H and O–H groups in total. The van der Waals surface area contributed by atoms with Gasteiger partial charge in [0.25, 0.3) is 0 Å². The molecule has 2 aromatic heterocycles. The van der Waals surface area contributed by atoms with E-state index in [1.165, 1.54) is 24.3 Å². The lowest BCUT2D eigenvalue weighted by molar-refractivity contribution is 0.563. The van der Waals surface area contributed by atoms with Gasteiger partial charge >= 0.3 is 0 Å². The number of nitrogens with one attached hydrogen (secondary N) is 1. The van der Waals surface area contributed by atoms with Crippen LogP contribution in [0.2, 0.25) is 0 Å². The van der Waals surface area contributed by atoms with Gasteiger partial charge in [-0.05, 0) is 75.7 Å². The average Bonchev–Trinajstić information content (AvgIpc) is 3.27. The van der Waals surface area contributed by atoms with Crippen molar-refractivity contribution >= 4 is 0 Å². The van der Waals surface area contributed by atoms with Gasteiger partial charge in [-0.3, -0.25) is 0 Å². The highest BCUT2D eigenvalue weighted by atomic mass is 19.1. The van der Waals surface area contributed by atoms with E-state index in [0.29, 0.717) is 12.2 Å². The Morgan fingerprint density at radius 2 is 1.74 bits per heavy atom. The van der Waals surface area contributed by atoms with Gasteiger partial charge in [0.1, 0.15) is 11.6 Å². The zero-order chi connectivity index (χ0) is 22.1. The second-order valence-corrected chi connectivity index (χ2v) is 7.79. The molecule has 7 heteroatoms. The Morgan fingerprint density at radius 3 is 2.45 bits per heavy atom. The van der Waals surface area contributed by atoms with E-state index >= 15 is 0 Å². The lowest BCUT2D eigenvalue weighted by Gasteiger charge is -2.17. The maximum Gasteiger partial charge on any atom is 0.125 e. The molecule has 1 atom stereocenters. The first-order valence-corrected chi connectivity index (χ1v) is 10.2. The molecule has 0 saturated heterocycles. The maximum atomic E-state index is 14.0. The predicted octanol–water partition coefficient (Wildman–Crippen LogP) is 5.11. The largest absolute Gasteiger partial charge is 0.306 e. The number of hydrogen-bond acceptors (Lipinski definition) is 3. The highest BCUT2D eigenvalue weighted by Gasteiger charge is 2.16. The highest BCUT2D eigenvalue weighted by molar-refractivity contribution is 5.42. The molecule has 0 spiro atoms. The van der Waals surface area contributed by atoms with E-state index in [9.17, 15) is 8.78 Å². The molecule has 0 aliphatic carbocycles. The van der Waals surface area contributed by atoms with Crippen LogP contribution in [-0.4, -0.2) is 19.6 Å². The molecule has 31 heavy (non-hydrogen) atoms. The Hall–Kier alpha value is -3.32. The van der Waals surface area contributed by atoms with Gasteiger partial charge in [0.2, 0.25) is 0 Å². The molecule has 0 aliphatic rings. The Labute approximate surface area is 180 Å². The van der Waals surface area contributed by atoms with E-state index < -0.39 is 0 Å². The van der Waals surface area contributed by atoms with Crippen molar-refractivity contribution in [3.63, 3.8) is 0 Å². The quantitative estimate of drug-likeness (QED) is 0.471. The zero-order valence-corrected chi connectivity index (χ0v) is 18.0. The minimum absolute atomic E-state index is 0.0427. The molecule has 5 nitrogen and oxygen atoms in total. The van der Waals surface area contributed by atoms with Gasteiger partial charge in [-0.2, -0.15) is 10.2 Å². The summed E-state index contributed by atoms with van der Waals surface area (Å²) in [6.07, 6.45) is 1.78. The summed E-state index contributed by atoms with van der Waals surface area (Å²) in [5.74, 6) is -0.590. The number of aromatic nitrogens is 4. The molecule has 4 rings (SSSR count). The molecule has 0 fully saturated rings. The lowest BCUT2D eigenvalue weighted by atomic mass is 10.1. The number of nitrogens with zero attached hydrogens (tertiary/aromatic N) is 4. The first-order chi connectivity index (χ1) is 14.8. The van der Waals surface area contributed by atoms with Crippen LogP contribution < -0.4 is 5.32 Å². The Morgan fingerprint density at radius 1 is 0.968 bits per heavy atom. The van der Waals surface area contributed by atoms with Gasteiger partial charge in [0.05, 0.1) is 23.3 Å². The molecule has 0 saturated carbocycles. The van der Waals surface area contributed by atoms with Crippen molar-refractivity contribution < 1.29 is 8.78 Å². The second-order valence-electron chi connectivity index (χ2n) is 7.79. The molecular formula is C24H25F2N5. The van der Waals surface area contributed by atoms with Crippen LogP contribution in [0.15, 0.2) is 54.7 Å². The maximum absolute atomic E-state index is 14.0. The molecular weight excluding hydrogens is 396 g/mol. The van der Waals surface area contributed by atoms with Crippen LogP contribution in [0.4, 0.5) is 8.78 Å². The molecule has 2 aromatic carbocycles. The van der Waals surface area contributed by atoms with Crippen molar-refractivity contribution in [3.8, 4) is 11.4 Å². The Bertz CT molecular complexity index is 1220. The fourth-order valence-corrected chi connectivity index (χ4v) is 3.86. The zero-order valence-electron chi connectivity index (χ0n) is 18.0. The van der Waals surface area contributed by atoms with Crippen molar-refractivity contribution in [1.82, 2.24) is 24.9 Å².